The summed E-state index contributed by atoms with van der Waals surface area (Å²) in [6, 6.07) is 12.8. The van der Waals surface area contributed by atoms with Crippen molar-refractivity contribution in [1.29, 1.82) is 0 Å². The number of nitrogens with zero attached hydrogens (tertiary/aromatic N) is 1. The fraction of sp³-hybridized carbons (Fsp3) is 0.130. The smallest absolute Gasteiger partial charge is 0.261 e. The highest BCUT2D eigenvalue weighted by Gasteiger charge is 2.23. The van der Waals surface area contributed by atoms with Gasteiger partial charge in [0.1, 0.15) is 5.82 Å². The molecule has 158 valence electrons. The number of Topliss-reactive ketones (excluding diaryl/α,β-unsaturated/α-hetero) is 1. The Morgan fingerprint density at radius 1 is 1.10 bits per heavy atom. The van der Waals surface area contributed by atoms with Gasteiger partial charge >= 0.3 is 0 Å². The molecule has 0 bridgehead atoms. The third-order valence-electron chi connectivity index (χ3n) is 4.96. The van der Waals surface area contributed by atoms with Crippen LogP contribution in [0.4, 0.5) is 10.1 Å². The van der Waals surface area contributed by atoms with Gasteiger partial charge in [0.05, 0.1) is 10.5 Å². The second kappa shape index (κ2) is 8.61. The molecule has 3 aromatic rings. The number of halogens is 2. The lowest BCUT2D eigenvalue weighted by Crippen LogP contribution is -2.14. The van der Waals surface area contributed by atoms with E-state index in [0.717, 1.165) is 24.6 Å². The van der Waals surface area contributed by atoms with Crippen molar-refractivity contribution < 1.29 is 17.6 Å². The average Bonchev–Trinajstić information content (AvgIpc) is 2.97. The van der Waals surface area contributed by atoms with Gasteiger partial charge < -0.3 is 0 Å². The van der Waals surface area contributed by atoms with E-state index in [-0.39, 0.29) is 21.2 Å². The predicted molar refractivity (Wildman–Crippen MR) is 118 cm³/mol. The molecule has 1 aliphatic carbocycles. The van der Waals surface area contributed by atoms with Crippen molar-refractivity contribution >= 4 is 38.7 Å². The highest BCUT2D eigenvalue weighted by atomic mass is 35.5. The van der Waals surface area contributed by atoms with Gasteiger partial charge in [-0.2, -0.15) is 0 Å². The van der Waals surface area contributed by atoms with E-state index in [1.54, 1.807) is 30.5 Å². The van der Waals surface area contributed by atoms with E-state index in [1.165, 1.54) is 30.3 Å². The summed E-state index contributed by atoms with van der Waals surface area (Å²) in [5, 5.41) is 0.269. The van der Waals surface area contributed by atoms with Crippen molar-refractivity contribution in [3.8, 4) is 0 Å². The molecule has 4 rings (SSSR count). The first kappa shape index (κ1) is 21.2. The molecule has 8 heteroatoms. The summed E-state index contributed by atoms with van der Waals surface area (Å²) in [5.74, 6) is -1.25. The van der Waals surface area contributed by atoms with Crippen LogP contribution in [0.2, 0.25) is 5.02 Å². The Bertz CT molecular complexity index is 1310. The molecule has 0 unspecified atom stereocenters. The molecule has 1 heterocycles. The Morgan fingerprint density at radius 3 is 2.74 bits per heavy atom. The van der Waals surface area contributed by atoms with Crippen LogP contribution in [0.1, 0.15) is 34.5 Å². The zero-order chi connectivity index (χ0) is 22.0. The van der Waals surface area contributed by atoms with Gasteiger partial charge in [-0.05, 0) is 61.7 Å². The number of carbonyl (C=O) groups is 1. The van der Waals surface area contributed by atoms with Crippen LogP contribution in [0.5, 0.6) is 0 Å². The lowest BCUT2D eigenvalue weighted by Gasteiger charge is -2.12. The minimum atomic E-state index is -3.96. The third kappa shape index (κ3) is 4.52. The van der Waals surface area contributed by atoms with Gasteiger partial charge in [0, 0.05) is 33.7 Å². The second-order valence-electron chi connectivity index (χ2n) is 7.09. The van der Waals surface area contributed by atoms with Gasteiger partial charge in [0.15, 0.2) is 5.78 Å². The van der Waals surface area contributed by atoms with Crippen molar-refractivity contribution in [2.75, 3.05) is 4.72 Å². The molecule has 5 nitrogen and oxygen atoms in total. The maximum absolute atomic E-state index is 14.6. The van der Waals surface area contributed by atoms with Crippen LogP contribution >= 0.6 is 11.6 Å². The molecule has 1 aromatic heterocycles. The summed E-state index contributed by atoms with van der Waals surface area (Å²) < 4.78 is 42.3. The number of hydrogen-bond donors (Lipinski definition) is 1. The molecule has 0 amide bonds. The van der Waals surface area contributed by atoms with E-state index in [1.807, 2.05) is 0 Å². The van der Waals surface area contributed by atoms with E-state index in [9.17, 15) is 17.6 Å². The van der Waals surface area contributed by atoms with Gasteiger partial charge in [0.2, 0.25) is 0 Å². The molecular formula is C23H18ClFN2O3S. The Morgan fingerprint density at radius 2 is 1.94 bits per heavy atom. The first-order chi connectivity index (χ1) is 14.8. The number of rotatable bonds is 5. The standard InChI is InChI=1S/C23H18ClFN2O3S/c24-15-5-3-6-17(13-15)31(29,30)27-16-10-11-21(25)20(14-16)23(28)19-7-1-2-9-22-18(19)8-4-12-26-22/h3-8,10-14,27H,1-2,9H2. The number of aromatic nitrogens is 1. The van der Waals surface area contributed by atoms with Crippen molar-refractivity contribution in [1.82, 2.24) is 4.98 Å². The quantitative estimate of drug-likeness (QED) is 0.530. The summed E-state index contributed by atoms with van der Waals surface area (Å²) in [6.07, 6.45) is 5.68. The normalized spacial score (nSPS) is 13.7. The Hall–Kier alpha value is -3.03. The van der Waals surface area contributed by atoms with E-state index >= 15 is 0 Å². The van der Waals surface area contributed by atoms with Gasteiger partial charge in [-0.3, -0.25) is 14.5 Å². The van der Waals surface area contributed by atoms with Crippen molar-refractivity contribution in [2.45, 2.75) is 24.2 Å². The highest BCUT2D eigenvalue weighted by Crippen LogP contribution is 2.29. The molecular weight excluding hydrogens is 439 g/mol. The summed E-state index contributed by atoms with van der Waals surface area (Å²) in [6.45, 7) is 0. The largest absolute Gasteiger partial charge is 0.288 e. The molecule has 1 N–H and O–H groups in total. The number of hydrogen-bond acceptors (Lipinski definition) is 4. The van der Waals surface area contributed by atoms with E-state index in [0.29, 0.717) is 17.6 Å². The number of pyridine rings is 1. The summed E-state index contributed by atoms with van der Waals surface area (Å²) in [7, 11) is -3.96. The maximum Gasteiger partial charge on any atom is 0.261 e. The van der Waals surface area contributed by atoms with Gasteiger partial charge in [0.25, 0.3) is 10.0 Å². The average molecular weight is 457 g/mol. The topological polar surface area (TPSA) is 76.1 Å². The zero-order valence-electron chi connectivity index (χ0n) is 16.3. The molecule has 0 saturated heterocycles. The molecule has 2 aromatic carbocycles. The number of nitrogens with one attached hydrogen (secondary N) is 1. The monoisotopic (exact) mass is 456 g/mol. The fourth-order valence-corrected chi connectivity index (χ4v) is 4.83. The van der Waals surface area contributed by atoms with E-state index in [4.69, 9.17) is 11.6 Å². The van der Waals surface area contributed by atoms with Crippen LogP contribution in [-0.4, -0.2) is 19.2 Å². The number of ketones is 1. The molecule has 0 fully saturated rings. The minimum Gasteiger partial charge on any atom is -0.288 e. The summed E-state index contributed by atoms with van der Waals surface area (Å²) >= 11 is 5.88. The predicted octanol–water partition coefficient (Wildman–Crippen LogP) is 5.28. The zero-order valence-corrected chi connectivity index (χ0v) is 17.9. The van der Waals surface area contributed by atoms with Crippen LogP contribution in [0.15, 0.2) is 71.8 Å². The lowest BCUT2D eigenvalue weighted by atomic mass is 9.95. The number of aryl methyl sites for hydroxylation is 1. The number of sulfonamides is 1. The number of anilines is 1. The van der Waals surface area contributed by atoms with Crippen LogP contribution < -0.4 is 4.72 Å². The minimum absolute atomic E-state index is 0.0383. The lowest BCUT2D eigenvalue weighted by molar-refractivity contribution is 0.105. The molecule has 1 aliphatic rings. The van der Waals surface area contributed by atoms with E-state index in [2.05, 4.69) is 9.71 Å². The van der Waals surface area contributed by atoms with Crippen molar-refractivity contribution in [2.24, 2.45) is 0 Å². The molecule has 0 spiro atoms. The molecule has 31 heavy (non-hydrogen) atoms. The highest BCUT2D eigenvalue weighted by molar-refractivity contribution is 7.92. The third-order valence-corrected chi connectivity index (χ3v) is 6.57. The van der Waals surface area contributed by atoms with Crippen LogP contribution in [-0.2, 0) is 16.4 Å². The number of allylic oxidation sites excluding steroid dienone is 2. The van der Waals surface area contributed by atoms with Crippen molar-refractivity contribution in [3.05, 3.63) is 94.5 Å². The molecule has 0 saturated carbocycles. The Labute approximate surface area is 184 Å². The molecule has 0 aliphatic heterocycles. The number of fused-ring (bicyclic) bond motifs is 1. The summed E-state index contributed by atoms with van der Waals surface area (Å²) in [5.41, 5.74) is 1.70. The Kier molecular flexibility index (Phi) is 5.89. The first-order valence-corrected chi connectivity index (χ1v) is 11.5. The number of carbonyl (C=O) groups excluding carboxylic acids is 1. The van der Waals surface area contributed by atoms with E-state index < -0.39 is 21.6 Å². The second-order valence-corrected chi connectivity index (χ2v) is 9.21. The van der Waals surface area contributed by atoms with Crippen LogP contribution in [0.25, 0.3) is 5.57 Å². The molecule has 0 atom stereocenters. The van der Waals surface area contributed by atoms with Gasteiger partial charge in [-0.25, -0.2) is 12.8 Å². The van der Waals surface area contributed by atoms with Gasteiger partial charge in [-0.15, -0.1) is 0 Å². The summed E-state index contributed by atoms with van der Waals surface area (Å²) in [4.78, 5) is 17.5. The SMILES string of the molecule is O=C(C1=CCCCc2ncccc21)c1cc(NS(=O)(=O)c2cccc(Cl)c2)ccc1F. The molecule has 0 radical (unpaired) electrons. The maximum atomic E-state index is 14.6. The fourth-order valence-electron chi connectivity index (χ4n) is 3.48. The number of benzene rings is 2. The Balaban J connectivity index is 1.69. The van der Waals surface area contributed by atoms with Gasteiger partial charge in [-0.1, -0.05) is 29.8 Å². The first-order valence-electron chi connectivity index (χ1n) is 9.62. The van der Waals surface area contributed by atoms with Crippen molar-refractivity contribution in [3.63, 3.8) is 0 Å². The van der Waals surface area contributed by atoms with Crippen LogP contribution in [0, 0.1) is 5.82 Å². The van der Waals surface area contributed by atoms with Crippen LogP contribution in [0.3, 0.4) is 0 Å².